The van der Waals surface area contributed by atoms with Gasteiger partial charge in [0.05, 0.1) is 6.07 Å². The number of nitrogens with zero attached hydrogens (tertiary/aromatic N) is 1. The van der Waals surface area contributed by atoms with E-state index in [0.717, 1.165) is 25.7 Å². The minimum Gasteiger partial charge on any atom is -0.340 e. The molecule has 0 aromatic carbocycles. The molecule has 0 heterocycles. The van der Waals surface area contributed by atoms with Crippen LogP contribution in [0.4, 0.5) is 0 Å². The molecule has 1 fully saturated rings. The lowest BCUT2D eigenvalue weighted by Crippen LogP contribution is -2.39. The summed E-state index contributed by atoms with van der Waals surface area (Å²) >= 11 is 0. The quantitative estimate of drug-likeness (QED) is 0.592. The summed E-state index contributed by atoms with van der Waals surface area (Å²) in [4.78, 5) is 11.9. The SMILES string of the molecule is CCCCCCCCCC(=O)NC(C#N)C1CCCCC1. The molecule has 0 aromatic rings. The molecule has 0 radical (unpaired) electrons. The van der Waals surface area contributed by atoms with E-state index in [-0.39, 0.29) is 11.9 Å². The van der Waals surface area contributed by atoms with E-state index in [4.69, 9.17) is 0 Å². The first-order valence-electron chi connectivity index (χ1n) is 8.97. The van der Waals surface area contributed by atoms with Crippen molar-refractivity contribution in [2.75, 3.05) is 0 Å². The van der Waals surface area contributed by atoms with E-state index >= 15 is 0 Å². The summed E-state index contributed by atoms with van der Waals surface area (Å²) in [6.45, 7) is 2.22. The minimum absolute atomic E-state index is 0.0701. The van der Waals surface area contributed by atoms with E-state index in [2.05, 4.69) is 18.3 Å². The van der Waals surface area contributed by atoms with Crippen LogP contribution in [0.1, 0.15) is 90.4 Å². The van der Waals surface area contributed by atoms with Crippen LogP contribution in [0.5, 0.6) is 0 Å². The van der Waals surface area contributed by atoms with E-state index < -0.39 is 0 Å². The van der Waals surface area contributed by atoms with E-state index in [1.54, 1.807) is 0 Å². The van der Waals surface area contributed by atoms with Crippen LogP contribution in [0.15, 0.2) is 0 Å². The van der Waals surface area contributed by atoms with Gasteiger partial charge in [0.15, 0.2) is 0 Å². The maximum Gasteiger partial charge on any atom is 0.221 e. The maximum atomic E-state index is 11.9. The molecule has 1 rings (SSSR count). The zero-order chi connectivity index (χ0) is 15.3. The van der Waals surface area contributed by atoms with Crippen molar-refractivity contribution in [3.05, 3.63) is 0 Å². The van der Waals surface area contributed by atoms with Crippen LogP contribution >= 0.6 is 0 Å². The molecule has 1 amide bonds. The summed E-state index contributed by atoms with van der Waals surface area (Å²) in [7, 11) is 0. The molecule has 1 N–H and O–H groups in total. The molecule has 3 heteroatoms. The van der Waals surface area contributed by atoms with E-state index in [1.807, 2.05) is 0 Å². The Balaban J connectivity index is 2.09. The molecule has 21 heavy (non-hydrogen) atoms. The lowest BCUT2D eigenvalue weighted by atomic mass is 9.84. The fourth-order valence-electron chi connectivity index (χ4n) is 3.21. The number of rotatable bonds is 10. The number of nitriles is 1. The molecular weight excluding hydrogens is 260 g/mol. The standard InChI is InChI=1S/C18H32N2O/c1-2-3-4-5-6-7-11-14-18(21)20-17(15-19)16-12-9-8-10-13-16/h16-17H,2-14H2,1H3,(H,20,21). The molecule has 1 aliphatic rings. The molecule has 1 aliphatic carbocycles. The van der Waals surface area contributed by atoms with E-state index in [0.29, 0.717) is 12.3 Å². The van der Waals surface area contributed by atoms with Gasteiger partial charge >= 0.3 is 0 Å². The number of hydrogen-bond acceptors (Lipinski definition) is 2. The number of nitrogens with one attached hydrogen (secondary N) is 1. The summed E-state index contributed by atoms with van der Waals surface area (Å²) in [6.07, 6.45) is 15.0. The molecule has 0 saturated heterocycles. The second-order valence-corrected chi connectivity index (χ2v) is 6.44. The third-order valence-corrected chi connectivity index (χ3v) is 4.58. The first kappa shape index (κ1) is 18.0. The Morgan fingerprint density at radius 3 is 2.33 bits per heavy atom. The van der Waals surface area contributed by atoms with Crippen LogP contribution in [-0.4, -0.2) is 11.9 Å². The summed E-state index contributed by atoms with van der Waals surface area (Å²) in [5.74, 6) is 0.447. The van der Waals surface area contributed by atoms with Gasteiger partial charge in [-0.15, -0.1) is 0 Å². The summed E-state index contributed by atoms with van der Waals surface area (Å²) < 4.78 is 0. The van der Waals surface area contributed by atoms with Crippen LogP contribution in [0.3, 0.4) is 0 Å². The highest BCUT2D eigenvalue weighted by molar-refractivity contribution is 5.76. The Bertz CT molecular complexity index is 316. The number of carbonyl (C=O) groups excluding carboxylic acids is 1. The second-order valence-electron chi connectivity index (χ2n) is 6.44. The lowest BCUT2D eigenvalue weighted by molar-refractivity contribution is -0.122. The average Bonchev–Trinajstić information content (AvgIpc) is 2.52. The van der Waals surface area contributed by atoms with Crippen molar-refractivity contribution < 1.29 is 4.79 Å². The molecule has 1 atom stereocenters. The van der Waals surface area contributed by atoms with Crippen LogP contribution in [0, 0.1) is 17.2 Å². The zero-order valence-electron chi connectivity index (χ0n) is 13.7. The molecule has 0 bridgehead atoms. The van der Waals surface area contributed by atoms with Gasteiger partial charge in [0.2, 0.25) is 5.91 Å². The third-order valence-electron chi connectivity index (χ3n) is 4.58. The predicted octanol–water partition coefficient (Wildman–Crippen LogP) is 4.72. The number of carbonyl (C=O) groups is 1. The summed E-state index contributed by atoms with van der Waals surface area (Å²) in [5, 5.41) is 12.2. The van der Waals surface area contributed by atoms with Gasteiger partial charge in [-0.25, -0.2) is 0 Å². The van der Waals surface area contributed by atoms with Gasteiger partial charge in [-0.05, 0) is 25.2 Å². The van der Waals surface area contributed by atoms with Crippen molar-refractivity contribution in [2.45, 2.75) is 96.4 Å². The van der Waals surface area contributed by atoms with Crippen molar-refractivity contribution in [3.8, 4) is 6.07 Å². The van der Waals surface area contributed by atoms with E-state index in [1.165, 1.54) is 51.4 Å². The van der Waals surface area contributed by atoms with Crippen molar-refractivity contribution >= 4 is 5.91 Å². The van der Waals surface area contributed by atoms with Crippen molar-refractivity contribution in [1.82, 2.24) is 5.32 Å². The van der Waals surface area contributed by atoms with Crippen molar-refractivity contribution in [3.63, 3.8) is 0 Å². The normalized spacial score (nSPS) is 17.1. The zero-order valence-corrected chi connectivity index (χ0v) is 13.7. The Hall–Kier alpha value is -1.04. The van der Waals surface area contributed by atoms with Gasteiger partial charge in [0, 0.05) is 6.42 Å². The average molecular weight is 292 g/mol. The van der Waals surface area contributed by atoms with Gasteiger partial charge in [-0.3, -0.25) is 4.79 Å². The monoisotopic (exact) mass is 292 g/mol. The molecule has 120 valence electrons. The van der Waals surface area contributed by atoms with Gasteiger partial charge in [-0.1, -0.05) is 64.7 Å². The minimum atomic E-state index is -0.262. The Morgan fingerprint density at radius 1 is 1.10 bits per heavy atom. The molecule has 0 aromatic heterocycles. The highest BCUT2D eigenvalue weighted by Crippen LogP contribution is 2.26. The molecular formula is C18H32N2O. The highest BCUT2D eigenvalue weighted by Gasteiger charge is 2.24. The third kappa shape index (κ3) is 8.09. The predicted molar refractivity (Wildman–Crippen MR) is 86.7 cm³/mol. The maximum absolute atomic E-state index is 11.9. The van der Waals surface area contributed by atoms with E-state index in [9.17, 15) is 10.1 Å². The fourth-order valence-corrected chi connectivity index (χ4v) is 3.21. The van der Waals surface area contributed by atoms with Gasteiger partial charge in [0.25, 0.3) is 0 Å². The lowest BCUT2D eigenvalue weighted by Gasteiger charge is -2.26. The first-order chi connectivity index (χ1) is 10.3. The van der Waals surface area contributed by atoms with Crippen molar-refractivity contribution in [2.24, 2.45) is 5.92 Å². The van der Waals surface area contributed by atoms with Crippen LogP contribution in [0.25, 0.3) is 0 Å². The first-order valence-corrected chi connectivity index (χ1v) is 8.97. The second kappa shape index (κ2) is 11.6. The number of unbranched alkanes of at least 4 members (excludes halogenated alkanes) is 6. The van der Waals surface area contributed by atoms with Crippen LogP contribution in [0.2, 0.25) is 0 Å². The molecule has 1 unspecified atom stereocenters. The summed E-state index contributed by atoms with van der Waals surface area (Å²) in [5.41, 5.74) is 0. The molecule has 0 aliphatic heterocycles. The van der Waals surface area contributed by atoms with Crippen LogP contribution < -0.4 is 5.32 Å². The fraction of sp³-hybridized carbons (Fsp3) is 0.889. The number of hydrogen-bond donors (Lipinski definition) is 1. The van der Waals surface area contributed by atoms with Gasteiger partial charge in [0.1, 0.15) is 6.04 Å². The molecule has 1 saturated carbocycles. The summed E-state index contributed by atoms with van der Waals surface area (Å²) in [6, 6.07) is 2.03. The Labute approximate surface area is 130 Å². The number of amides is 1. The topological polar surface area (TPSA) is 52.9 Å². The van der Waals surface area contributed by atoms with Gasteiger partial charge in [-0.2, -0.15) is 5.26 Å². The molecule has 3 nitrogen and oxygen atoms in total. The van der Waals surface area contributed by atoms with Crippen molar-refractivity contribution in [1.29, 1.82) is 5.26 Å². The Kier molecular flexibility index (Phi) is 9.95. The molecule has 0 spiro atoms. The van der Waals surface area contributed by atoms with Crippen LogP contribution in [-0.2, 0) is 4.79 Å². The highest BCUT2D eigenvalue weighted by atomic mass is 16.1. The Morgan fingerprint density at radius 2 is 1.71 bits per heavy atom. The largest absolute Gasteiger partial charge is 0.340 e. The van der Waals surface area contributed by atoms with Gasteiger partial charge < -0.3 is 5.32 Å². The smallest absolute Gasteiger partial charge is 0.221 e.